The number of morpholine rings is 1. The summed E-state index contributed by atoms with van der Waals surface area (Å²) in [5.41, 5.74) is 2.84. The number of nitrogens with zero attached hydrogens (tertiary/aromatic N) is 1. The first-order chi connectivity index (χ1) is 14.0. The Kier molecular flexibility index (Phi) is 7.10. The lowest BCUT2D eigenvalue weighted by Gasteiger charge is -2.28. The van der Waals surface area contributed by atoms with Gasteiger partial charge in [0.15, 0.2) is 0 Å². The molecule has 2 N–H and O–H groups in total. The number of carbonyl (C=O) groups excluding carboxylic acids is 1. The van der Waals surface area contributed by atoms with Crippen molar-refractivity contribution >= 4 is 17.7 Å². The predicted molar refractivity (Wildman–Crippen MR) is 111 cm³/mol. The molecular weight excluding hydrogens is 370 g/mol. The van der Waals surface area contributed by atoms with Gasteiger partial charge in [-0.15, -0.1) is 0 Å². The quantitative estimate of drug-likeness (QED) is 0.424. The Morgan fingerprint density at radius 3 is 2.66 bits per heavy atom. The highest BCUT2D eigenvalue weighted by Gasteiger charge is 2.22. The molecule has 0 radical (unpaired) electrons. The van der Waals surface area contributed by atoms with E-state index in [9.17, 15) is 14.9 Å². The summed E-state index contributed by atoms with van der Waals surface area (Å²) in [6, 6.07) is 14.3. The monoisotopic (exact) mass is 396 g/mol. The molecule has 0 saturated carbocycles. The van der Waals surface area contributed by atoms with Gasteiger partial charge in [0.25, 0.3) is 5.69 Å². The van der Waals surface area contributed by atoms with Crippen molar-refractivity contribution in [3.63, 3.8) is 0 Å². The molecule has 2 aromatic carbocycles. The lowest BCUT2D eigenvalue weighted by atomic mass is 10.0. The minimum Gasteiger partial charge on any atom is -0.370 e. The molecule has 1 atom stereocenters. The van der Waals surface area contributed by atoms with Crippen LogP contribution in [0.3, 0.4) is 0 Å². The summed E-state index contributed by atoms with van der Waals surface area (Å²) in [7, 11) is 0. The van der Waals surface area contributed by atoms with Crippen LogP contribution in [0.4, 0.5) is 5.69 Å². The summed E-state index contributed by atoms with van der Waals surface area (Å²) in [5.74, 6) is -0.227. The van der Waals surface area contributed by atoms with Crippen LogP contribution >= 0.6 is 0 Å². The molecule has 1 fully saturated rings. The van der Waals surface area contributed by atoms with Crippen molar-refractivity contribution in [1.29, 1.82) is 0 Å². The van der Waals surface area contributed by atoms with Crippen LogP contribution in [0.5, 0.6) is 0 Å². The van der Waals surface area contributed by atoms with Crippen LogP contribution in [-0.2, 0) is 9.53 Å². The average molecular weight is 396 g/mol. The number of aryl methyl sites for hydroxylation is 1. The van der Waals surface area contributed by atoms with Crippen LogP contribution < -0.4 is 10.2 Å². The number of rotatable bonds is 7. The van der Waals surface area contributed by atoms with E-state index in [4.69, 9.17) is 4.74 Å². The van der Waals surface area contributed by atoms with Crippen molar-refractivity contribution < 1.29 is 19.4 Å². The summed E-state index contributed by atoms with van der Waals surface area (Å²) in [5, 5.41) is 14.0. The Hall–Kier alpha value is -3.03. The van der Waals surface area contributed by atoms with Crippen molar-refractivity contribution in [3.8, 4) is 0 Å². The van der Waals surface area contributed by atoms with Crippen LogP contribution in [0.1, 0.15) is 22.7 Å². The molecule has 1 aliphatic rings. The summed E-state index contributed by atoms with van der Waals surface area (Å²) in [4.78, 5) is 24.4. The highest BCUT2D eigenvalue weighted by Crippen LogP contribution is 2.15. The number of hydrogen-bond donors (Lipinski definition) is 2. The number of nitro benzene ring substituents is 1. The first-order valence-electron chi connectivity index (χ1n) is 9.72. The summed E-state index contributed by atoms with van der Waals surface area (Å²) >= 11 is 0. The number of hydrogen-bond acceptors (Lipinski definition) is 4. The fourth-order valence-corrected chi connectivity index (χ4v) is 3.34. The number of carbonyl (C=O) groups is 1. The van der Waals surface area contributed by atoms with E-state index in [2.05, 4.69) is 5.32 Å². The van der Waals surface area contributed by atoms with E-state index in [1.807, 2.05) is 31.2 Å². The standard InChI is InChI=1S/C22H25N3O4/c1-17-5-8-19(9-6-17)21(16-24-11-13-29-14-12-24)23-22(26)10-7-18-3-2-4-20(15-18)25(27)28/h2-10,15,21H,11-14,16H2,1H3,(H,23,26)/p+1/b10-7+/t21-/m0/s1. The molecule has 0 spiro atoms. The smallest absolute Gasteiger partial charge is 0.270 e. The minimum atomic E-state index is -0.448. The molecule has 7 nitrogen and oxygen atoms in total. The zero-order chi connectivity index (χ0) is 20.6. The average Bonchev–Trinajstić information content (AvgIpc) is 2.73. The van der Waals surface area contributed by atoms with E-state index < -0.39 is 4.92 Å². The van der Waals surface area contributed by atoms with Gasteiger partial charge in [0.2, 0.25) is 5.91 Å². The summed E-state index contributed by atoms with van der Waals surface area (Å²) in [6.45, 7) is 6.12. The van der Waals surface area contributed by atoms with Crippen LogP contribution in [0.15, 0.2) is 54.6 Å². The zero-order valence-corrected chi connectivity index (χ0v) is 16.5. The van der Waals surface area contributed by atoms with Gasteiger partial charge in [0.05, 0.1) is 18.1 Å². The van der Waals surface area contributed by atoms with E-state index in [-0.39, 0.29) is 17.6 Å². The molecule has 3 rings (SSSR count). The van der Waals surface area contributed by atoms with Gasteiger partial charge in [0.1, 0.15) is 25.7 Å². The van der Waals surface area contributed by atoms with E-state index >= 15 is 0 Å². The first-order valence-corrected chi connectivity index (χ1v) is 9.72. The molecule has 1 saturated heterocycles. The molecule has 0 aliphatic carbocycles. The number of nitro groups is 1. The Labute approximate surface area is 170 Å². The normalized spacial score (nSPS) is 15.9. The van der Waals surface area contributed by atoms with Gasteiger partial charge in [-0.05, 0) is 24.1 Å². The van der Waals surface area contributed by atoms with Gasteiger partial charge in [-0.2, -0.15) is 0 Å². The van der Waals surface area contributed by atoms with Gasteiger partial charge >= 0.3 is 0 Å². The molecule has 1 amide bonds. The largest absolute Gasteiger partial charge is 0.370 e. The lowest BCUT2D eigenvalue weighted by molar-refractivity contribution is -0.909. The van der Waals surface area contributed by atoms with E-state index in [1.54, 1.807) is 18.2 Å². The Morgan fingerprint density at radius 1 is 1.24 bits per heavy atom. The highest BCUT2D eigenvalue weighted by atomic mass is 16.6. The first kappa shape index (κ1) is 20.7. The SMILES string of the molecule is Cc1ccc([C@H](C[NH+]2CCOCC2)NC(=O)/C=C/c2cccc([N+](=O)[O-])c2)cc1. The third kappa shape index (κ3) is 6.23. The number of nitrogens with one attached hydrogen (secondary N) is 2. The maximum absolute atomic E-state index is 12.6. The van der Waals surface area contributed by atoms with Crippen LogP contribution in [-0.4, -0.2) is 43.7 Å². The van der Waals surface area contributed by atoms with Crippen LogP contribution in [0, 0.1) is 17.0 Å². The van der Waals surface area contributed by atoms with E-state index in [1.165, 1.54) is 28.7 Å². The molecule has 2 aromatic rings. The number of ether oxygens (including phenoxy) is 1. The highest BCUT2D eigenvalue weighted by molar-refractivity contribution is 5.92. The molecule has 0 aromatic heterocycles. The van der Waals surface area contributed by atoms with Crippen LogP contribution in [0.2, 0.25) is 0 Å². The van der Waals surface area contributed by atoms with Crippen molar-refractivity contribution in [2.45, 2.75) is 13.0 Å². The fraction of sp³-hybridized carbons (Fsp3) is 0.318. The maximum Gasteiger partial charge on any atom is 0.270 e. The second-order valence-electron chi connectivity index (χ2n) is 7.22. The summed E-state index contributed by atoms with van der Waals surface area (Å²) < 4.78 is 5.43. The second kappa shape index (κ2) is 9.95. The van der Waals surface area contributed by atoms with Gasteiger partial charge in [0, 0.05) is 18.2 Å². The molecule has 1 aliphatic heterocycles. The topological polar surface area (TPSA) is 85.9 Å². The molecule has 0 unspecified atom stereocenters. The van der Waals surface area contributed by atoms with Gasteiger partial charge < -0.3 is 15.0 Å². The van der Waals surface area contributed by atoms with E-state index in [0.29, 0.717) is 5.56 Å². The van der Waals surface area contributed by atoms with Crippen molar-refractivity contribution in [1.82, 2.24) is 5.32 Å². The lowest BCUT2D eigenvalue weighted by Crippen LogP contribution is -3.14. The fourth-order valence-electron chi connectivity index (χ4n) is 3.34. The van der Waals surface area contributed by atoms with Crippen molar-refractivity contribution in [2.75, 3.05) is 32.8 Å². The Bertz CT molecular complexity index is 874. The van der Waals surface area contributed by atoms with Gasteiger partial charge in [-0.3, -0.25) is 14.9 Å². The van der Waals surface area contributed by atoms with E-state index in [0.717, 1.165) is 38.4 Å². The number of quaternary nitrogens is 1. The molecular formula is C22H26N3O4+. The third-order valence-electron chi connectivity index (χ3n) is 5.00. The molecule has 1 heterocycles. The number of benzene rings is 2. The number of amides is 1. The summed E-state index contributed by atoms with van der Waals surface area (Å²) in [6.07, 6.45) is 3.02. The maximum atomic E-state index is 12.6. The van der Waals surface area contributed by atoms with Crippen molar-refractivity contribution in [3.05, 3.63) is 81.4 Å². The number of non-ortho nitro benzene ring substituents is 1. The van der Waals surface area contributed by atoms with Crippen molar-refractivity contribution in [2.24, 2.45) is 0 Å². The van der Waals surface area contributed by atoms with Gasteiger partial charge in [-0.1, -0.05) is 42.0 Å². The molecule has 0 bridgehead atoms. The Balaban J connectivity index is 1.70. The third-order valence-corrected chi connectivity index (χ3v) is 5.00. The Morgan fingerprint density at radius 2 is 1.97 bits per heavy atom. The van der Waals surface area contributed by atoms with Gasteiger partial charge in [-0.25, -0.2) is 0 Å². The molecule has 29 heavy (non-hydrogen) atoms. The molecule has 152 valence electrons. The van der Waals surface area contributed by atoms with Crippen LogP contribution in [0.25, 0.3) is 6.08 Å². The predicted octanol–water partition coefficient (Wildman–Crippen LogP) is 1.69. The minimum absolute atomic E-state index is 0.000933. The molecule has 7 heteroatoms. The zero-order valence-electron chi connectivity index (χ0n) is 16.5. The second-order valence-corrected chi connectivity index (χ2v) is 7.22.